The third kappa shape index (κ3) is 14.6. The summed E-state index contributed by atoms with van der Waals surface area (Å²) < 4.78 is 0. The second-order valence-corrected chi connectivity index (χ2v) is 18.3. The summed E-state index contributed by atoms with van der Waals surface area (Å²) >= 11 is 0. The van der Waals surface area contributed by atoms with Gasteiger partial charge in [0.25, 0.3) is 5.91 Å². The highest BCUT2D eigenvalue weighted by atomic mass is 16.3. The molecule has 15 heteroatoms. The van der Waals surface area contributed by atoms with Crippen LogP contribution >= 0.6 is 0 Å². The minimum absolute atomic E-state index is 0.127. The fraction of sp³-hybridized carbons (Fsp3) is 0.860. The molecular weight excluding hydrogens is 754 g/mol. The van der Waals surface area contributed by atoms with Gasteiger partial charge in [-0.1, -0.05) is 68.4 Å². The highest BCUT2D eigenvalue weighted by Gasteiger charge is 2.41. The van der Waals surface area contributed by atoms with Gasteiger partial charge in [0.15, 0.2) is 5.78 Å². The molecule has 0 aromatic rings. The molecule has 1 aliphatic rings. The second-order valence-electron chi connectivity index (χ2n) is 18.3. The van der Waals surface area contributed by atoms with Gasteiger partial charge in [-0.25, -0.2) is 0 Å². The van der Waals surface area contributed by atoms with Gasteiger partial charge in [0, 0.05) is 36.6 Å². The Kier molecular flexibility index (Phi) is 22.2. The molecule has 3 unspecified atom stereocenters. The van der Waals surface area contributed by atoms with Crippen LogP contribution in [-0.2, 0) is 9.59 Å². The zero-order valence-electron chi connectivity index (χ0n) is 36.8. The topological polar surface area (TPSA) is 280 Å². The van der Waals surface area contributed by atoms with Gasteiger partial charge in [-0.05, 0) is 69.3 Å². The monoisotopic (exact) mass is 834 g/mol. The van der Waals surface area contributed by atoms with E-state index in [2.05, 4.69) is 0 Å². The van der Waals surface area contributed by atoms with Crippen molar-refractivity contribution in [2.45, 2.75) is 181 Å². The van der Waals surface area contributed by atoms with E-state index in [1.807, 2.05) is 13.8 Å². The summed E-state index contributed by atoms with van der Waals surface area (Å²) in [7, 11) is 1.50. The van der Waals surface area contributed by atoms with Crippen LogP contribution in [0.15, 0.2) is 23.0 Å². The fourth-order valence-electron chi connectivity index (χ4n) is 8.16. The summed E-state index contributed by atoms with van der Waals surface area (Å²) in [6.45, 7) is 18.1. The maximum Gasteiger partial charge on any atom is 0.261 e. The molecule has 15 nitrogen and oxygen atoms in total. The van der Waals surface area contributed by atoms with Crippen molar-refractivity contribution in [1.29, 1.82) is 0 Å². The summed E-state index contributed by atoms with van der Waals surface area (Å²) in [5.41, 5.74) is 0.137. The van der Waals surface area contributed by atoms with E-state index in [0.29, 0.717) is 12.0 Å². The van der Waals surface area contributed by atoms with Crippen LogP contribution in [0.2, 0.25) is 0 Å². The molecule has 0 bridgehead atoms. The maximum absolute atomic E-state index is 12.5. The number of aliphatic hydroxyl groups excluding tert-OH is 12. The highest BCUT2D eigenvalue weighted by molar-refractivity contribution is 6.26. The van der Waals surface area contributed by atoms with Crippen LogP contribution in [0.1, 0.15) is 108 Å². The van der Waals surface area contributed by atoms with E-state index in [-0.39, 0.29) is 54.8 Å². The number of ketones is 1. The minimum atomic E-state index is -1.37. The second kappa shape index (κ2) is 23.8. The largest absolute Gasteiger partial charge is 0.507 e. The number of rotatable bonds is 25. The summed E-state index contributed by atoms with van der Waals surface area (Å²) in [5.74, 6) is -6.03. The Morgan fingerprint density at radius 1 is 0.569 bits per heavy atom. The van der Waals surface area contributed by atoms with Crippen LogP contribution in [-0.4, -0.2) is 158 Å². The Hall–Kier alpha value is -2.02. The molecule has 58 heavy (non-hydrogen) atoms. The summed E-state index contributed by atoms with van der Waals surface area (Å²) in [5, 5.41) is 129. The zero-order chi connectivity index (χ0) is 45.3. The van der Waals surface area contributed by atoms with E-state index in [1.54, 1.807) is 61.5 Å². The van der Waals surface area contributed by atoms with Crippen LogP contribution in [0.3, 0.4) is 0 Å². The number of carbonyl (C=O) groups excluding carboxylic acids is 2. The normalized spacial score (nSPS) is 26.0. The lowest BCUT2D eigenvalue weighted by molar-refractivity contribution is -0.125. The summed E-state index contributed by atoms with van der Waals surface area (Å²) in [6.07, 6.45) is -11.8. The number of nitrogens with zero attached hydrogens (tertiary/aromatic N) is 1. The van der Waals surface area contributed by atoms with Gasteiger partial charge in [0.1, 0.15) is 11.3 Å². The average molecular weight is 834 g/mol. The average Bonchev–Trinajstić information content (AvgIpc) is 3.34. The van der Waals surface area contributed by atoms with Crippen molar-refractivity contribution in [3.8, 4) is 0 Å². The molecule has 1 fully saturated rings. The quantitative estimate of drug-likeness (QED) is 0.0350. The third-order valence-corrected chi connectivity index (χ3v) is 12.8. The molecule has 1 amide bonds. The van der Waals surface area contributed by atoms with Gasteiger partial charge >= 0.3 is 0 Å². The molecular formula is C43H79NO14. The molecule has 0 saturated carbocycles. The predicted octanol–water partition coefficient (Wildman–Crippen LogP) is 1.20. The summed E-state index contributed by atoms with van der Waals surface area (Å²) in [6, 6.07) is -0.661. The van der Waals surface area contributed by atoms with Gasteiger partial charge in [0.05, 0.1) is 73.2 Å². The van der Waals surface area contributed by atoms with Gasteiger partial charge in [0.2, 0.25) is 0 Å². The van der Waals surface area contributed by atoms with Crippen molar-refractivity contribution in [3.63, 3.8) is 0 Å². The standard InChI is InChI=1S/C43H79NO14/c1-19(2)35(50)41(56)27(10)38(53)24(7)32(48)18-30(46)16-29(45)17-31(47)23(6)37(52)25(8)39(54)26(9)40(55)33(49)15-21(4)13-20(3)14-22(5)36(51)34-42(57)28(11)44(12)43(34)58/h14,19-21,23-33,35,37-41,45-56H,13,15-18H2,1-12H3/b22-14+,36-34+/t20?,21?,23-,24+,25+,26-,27-,28?,29+,30-,31+,32-,33+,35-,37+,38+,39+,40+,41+/m1/s1. The predicted molar refractivity (Wildman–Crippen MR) is 219 cm³/mol. The Labute approximate surface area is 345 Å². The SMILES string of the molecule is CC(=C\C(C)CC(C)C[C@H](O)[C@@H](O)[C@H](C)[C@@H](O)[C@@H](C)[C@@H](O)[C@H](C)[C@@H](O)C[C@@H](O)C[C@@H](O)C[C@@H](O)[C@H](C)[C@H](O)[C@@H](C)[C@H](O)[C@H](O)C(C)C)/C(O)=C1/C(=O)C(C)N(C)C1=O. The van der Waals surface area contributed by atoms with Gasteiger partial charge < -0.3 is 66.2 Å². The third-order valence-electron chi connectivity index (χ3n) is 12.8. The van der Waals surface area contributed by atoms with E-state index < -0.39 is 114 Å². The minimum Gasteiger partial charge on any atom is -0.507 e. The highest BCUT2D eigenvalue weighted by Crippen LogP contribution is 2.31. The van der Waals surface area contributed by atoms with Crippen molar-refractivity contribution >= 4 is 11.7 Å². The van der Waals surface area contributed by atoms with Gasteiger partial charge in [-0.2, -0.15) is 0 Å². The number of carbonyl (C=O) groups is 2. The molecule has 12 N–H and O–H groups in total. The van der Waals surface area contributed by atoms with Crippen molar-refractivity contribution in [2.75, 3.05) is 7.05 Å². The Morgan fingerprint density at radius 2 is 0.983 bits per heavy atom. The van der Waals surface area contributed by atoms with E-state index in [0.717, 1.165) is 0 Å². The molecule has 1 heterocycles. The van der Waals surface area contributed by atoms with E-state index in [1.165, 1.54) is 18.9 Å². The number of amides is 1. The molecule has 0 aliphatic carbocycles. The number of hydrogen-bond acceptors (Lipinski definition) is 14. The van der Waals surface area contributed by atoms with Crippen molar-refractivity contribution in [2.24, 2.45) is 47.3 Å². The molecule has 19 atom stereocenters. The lowest BCUT2D eigenvalue weighted by Gasteiger charge is -2.36. The lowest BCUT2D eigenvalue weighted by atomic mass is 9.78. The van der Waals surface area contributed by atoms with E-state index >= 15 is 0 Å². The van der Waals surface area contributed by atoms with Gasteiger partial charge in [-0.3, -0.25) is 9.59 Å². The fourth-order valence-corrected chi connectivity index (χ4v) is 8.16. The Morgan fingerprint density at radius 3 is 1.40 bits per heavy atom. The molecule has 0 spiro atoms. The van der Waals surface area contributed by atoms with E-state index in [4.69, 9.17) is 0 Å². The maximum atomic E-state index is 12.5. The lowest BCUT2D eigenvalue weighted by Crippen LogP contribution is -2.47. The first-order valence-electron chi connectivity index (χ1n) is 21.0. The number of likely N-dealkylation sites (N-methyl/N-ethyl adjacent to an activating group) is 1. The number of likely N-dealkylation sites (tertiary alicyclic amines) is 1. The number of Topliss-reactive ketones (excluding diaryl/α,β-unsaturated/α-hetero) is 1. The Balaban J connectivity index is 2.72. The van der Waals surface area contributed by atoms with Crippen molar-refractivity contribution in [1.82, 2.24) is 4.90 Å². The van der Waals surface area contributed by atoms with Crippen molar-refractivity contribution < 1.29 is 70.9 Å². The van der Waals surface area contributed by atoms with Crippen LogP contribution < -0.4 is 0 Å². The number of aliphatic hydroxyl groups is 12. The first-order valence-corrected chi connectivity index (χ1v) is 21.0. The molecule has 1 saturated heterocycles. The molecule has 0 aromatic heterocycles. The molecule has 0 aromatic carbocycles. The number of hydrogen-bond donors (Lipinski definition) is 12. The van der Waals surface area contributed by atoms with Crippen molar-refractivity contribution in [3.05, 3.63) is 23.0 Å². The van der Waals surface area contributed by atoms with Gasteiger partial charge in [-0.15, -0.1) is 0 Å². The molecule has 340 valence electrons. The van der Waals surface area contributed by atoms with Crippen LogP contribution in [0.4, 0.5) is 0 Å². The van der Waals surface area contributed by atoms with Crippen LogP contribution in [0.5, 0.6) is 0 Å². The summed E-state index contributed by atoms with van der Waals surface area (Å²) in [4.78, 5) is 26.2. The number of allylic oxidation sites excluding steroid dienone is 2. The Bertz CT molecular complexity index is 1320. The molecule has 1 aliphatic heterocycles. The molecule has 1 rings (SSSR count). The first kappa shape index (κ1) is 54.0. The van der Waals surface area contributed by atoms with Crippen LogP contribution in [0.25, 0.3) is 0 Å². The first-order chi connectivity index (χ1) is 26.6. The van der Waals surface area contributed by atoms with E-state index in [9.17, 15) is 70.9 Å². The van der Waals surface area contributed by atoms with Crippen LogP contribution in [0, 0.1) is 47.3 Å². The zero-order valence-corrected chi connectivity index (χ0v) is 36.8. The molecule has 0 radical (unpaired) electrons. The smallest absolute Gasteiger partial charge is 0.261 e.